The van der Waals surface area contributed by atoms with Crippen molar-refractivity contribution < 1.29 is 28.6 Å². The lowest BCUT2D eigenvalue weighted by Gasteiger charge is -2.18. The Balaban J connectivity index is 4.27. The molecule has 0 amide bonds. The number of carbonyl (C=O) groups is 3. The summed E-state index contributed by atoms with van der Waals surface area (Å²) in [4.78, 5) is 38.2. The molecule has 0 aromatic heterocycles. The van der Waals surface area contributed by atoms with Gasteiger partial charge in [0, 0.05) is 19.3 Å². The Morgan fingerprint density at radius 2 is 0.500 bits per heavy atom. The minimum atomic E-state index is -0.763. The van der Waals surface area contributed by atoms with Gasteiger partial charge in [-0.2, -0.15) is 0 Å². The zero-order chi connectivity index (χ0) is 48.2. The van der Waals surface area contributed by atoms with Gasteiger partial charge in [0.05, 0.1) is 0 Å². The van der Waals surface area contributed by atoms with E-state index in [1.165, 1.54) is 225 Å². The summed E-state index contributed by atoms with van der Waals surface area (Å²) in [6, 6.07) is 0. The van der Waals surface area contributed by atoms with Gasteiger partial charge in [0.2, 0.25) is 0 Å². The maximum atomic E-state index is 12.8. The van der Waals surface area contributed by atoms with Crippen LogP contribution in [-0.4, -0.2) is 37.2 Å². The first-order valence-corrected chi connectivity index (χ1v) is 29.7. The molecule has 0 saturated heterocycles. The first kappa shape index (κ1) is 64.4. The number of esters is 3. The van der Waals surface area contributed by atoms with Crippen molar-refractivity contribution in [3.63, 3.8) is 0 Å². The molecule has 0 aromatic rings. The van der Waals surface area contributed by atoms with Crippen molar-refractivity contribution in [2.75, 3.05) is 13.2 Å². The smallest absolute Gasteiger partial charge is 0.306 e. The Bertz CT molecular complexity index is 1010. The molecule has 0 unspecified atom stereocenters. The Kier molecular flexibility index (Phi) is 51.5. The van der Waals surface area contributed by atoms with Crippen molar-refractivity contribution in [3.05, 3.63) is 0 Å². The summed E-state index contributed by atoms with van der Waals surface area (Å²) in [6.45, 7) is 11.4. The molecule has 0 spiro atoms. The molecule has 0 rings (SSSR count). The van der Waals surface area contributed by atoms with Crippen molar-refractivity contribution in [3.8, 4) is 0 Å². The molecule has 0 N–H and O–H groups in total. The Hall–Kier alpha value is -1.59. The molecule has 0 radical (unpaired) electrons. The third-order valence-electron chi connectivity index (χ3n) is 13.7. The van der Waals surface area contributed by atoms with E-state index in [-0.39, 0.29) is 31.1 Å². The van der Waals surface area contributed by atoms with Crippen molar-refractivity contribution in [2.24, 2.45) is 11.8 Å². The first-order chi connectivity index (χ1) is 32.2. The van der Waals surface area contributed by atoms with E-state index in [0.717, 1.165) is 69.6 Å². The molecular formula is C60H116O6. The summed E-state index contributed by atoms with van der Waals surface area (Å²) in [5.41, 5.74) is 0. The highest BCUT2D eigenvalue weighted by Crippen LogP contribution is 2.18. The fraction of sp³-hybridized carbons (Fsp3) is 0.950. The largest absolute Gasteiger partial charge is 0.462 e. The van der Waals surface area contributed by atoms with E-state index >= 15 is 0 Å². The first-order valence-electron chi connectivity index (χ1n) is 29.7. The van der Waals surface area contributed by atoms with Crippen LogP contribution in [0.1, 0.15) is 336 Å². The van der Waals surface area contributed by atoms with E-state index in [1.807, 2.05) is 0 Å². The van der Waals surface area contributed by atoms with Crippen LogP contribution in [0.5, 0.6) is 0 Å². The fourth-order valence-corrected chi connectivity index (χ4v) is 9.23. The van der Waals surface area contributed by atoms with E-state index in [0.29, 0.717) is 19.3 Å². The highest BCUT2D eigenvalue weighted by atomic mass is 16.6. The summed E-state index contributed by atoms with van der Waals surface area (Å²) in [5, 5.41) is 0. The predicted molar refractivity (Wildman–Crippen MR) is 284 cm³/mol. The van der Waals surface area contributed by atoms with Gasteiger partial charge < -0.3 is 14.2 Å². The van der Waals surface area contributed by atoms with Crippen molar-refractivity contribution in [1.29, 1.82) is 0 Å². The highest BCUT2D eigenvalue weighted by molar-refractivity contribution is 5.71. The molecule has 0 aromatic carbocycles. The van der Waals surface area contributed by atoms with Gasteiger partial charge in [0.1, 0.15) is 13.2 Å². The van der Waals surface area contributed by atoms with Crippen LogP contribution in [0.4, 0.5) is 0 Å². The van der Waals surface area contributed by atoms with Gasteiger partial charge in [-0.1, -0.05) is 298 Å². The number of carbonyl (C=O) groups excluding carboxylic acids is 3. The van der Waals surface area contributed by atoms with Crippen molar-refractivity contribution in [1.82, 2.24) is 0 Å². The molecule has 0 saturated carbocycles. The molecule has 0 aliphatic heterocycles. The molecule has 0 fully saturated rings. The molecule has 392 valence electrons. The standard InChI is InChI=1S/C60H116O6/c1-6-7-8-9-10-11-12-13-16-20-25-30-35-40-45-50-58(61)64-53-57(66-60(63)52-47-42-37-32-27-22-24-29-34-39-44-49-56(4)5)54-65-59(62)51-46-41-36-31-26-21-18-15-14-17-19-23-28-33-38-43-48-55(2)3/h55-57H,6-54H2,1-5H3/t57-/m0/s1. The highest BCUT2D eigenvalue weighted by Gasteiger charge is 2.19. The zero-order valence-electron chi connectivity index (χ0n) is 45.3. The summed E-state index contributed by atoms with van der Waals surface area (Å²) in [5.74, 6) is 0.841. The number of unbranched alkanes of at least 4 members (excludes halogenated alkanes) is 39. The zero-order valence-corrected chi connectivity index (χ0v) is 45.3. The number of hydrogen-bond acceptors (Lipinski definition) is 6. The molecule has 0 bridgehead atoms. The summed E-state index contributed by atoms with van der Waals surface area (Å²) < 4.78 is 16.9. The van der Waals surface area contributed by atoms with Gasteiger partial charge in [0.15, 0.2) is 6.10 Å². The Morgan fingerprint density at radius 3 is 0.742 bits per heavy atom. The van der Waals surface area contributed by atoms with Gasteiger partial charge in [-0.3, -0.25) is 14.4 Å². The van der Waals surface area contributed by atoms with Crippen LogP contribution >= 0.6 is 0 Å². The fourth-order valence-electron chi connectivity index (χ4n) is 9.23. The number of ether oxygens (including phenoxy) is 3. The maximum absolute atomic E-state index is 12.8. The van der Waals surface area contributed by atoms with Crippen LogP contribution in [0.3, 0.4) is 0 Å². The van der Waals surface area contributed by atoms with Gasteiger partial charge in [0.25, 0.3) is 0 Å². The molecule has 0 aliphatic rings. The lowest BCUT2D eigenvalue weighted by atomic mass is 10.0. The monoisotopic (exact) mass is 933 g/mol. The van der Waals surface area contributed by atoms with E-state index < -0.39 is 6.10 Å². The molecule has 6 heteroatoms. The SMILES string of the molecule is CCCCCCCCCCCCCCCCCC(=O)OC[C@@H](COC(=O)CCCCCCCCCCCCCCCCCCC(C)C)OC(=O)CCCCCCCCCCCCCC(C)C. The molecule has 0 aliphatic carbocycles. The van der Waals surface area contributed by atoms with Gasteiger partial charge in [-0.25, -0.2) is 0 Å². The minimum Gasteiger partial charge on any atom is -0.462 e. The van der Waals surface area contributed by atoms with E-state index in [1.54, 1.807) is 0 Å². The van der Waals surface area contributed by atoms with Crippen molar-refractivity contribution >= 4 is 17.9 Å². The lowest BCUT2D eigenvalue weighted by molar-refractivity contribution is -0.167. The van der Waals surface area contributed by atoms with Gasteiger partial charge in [-0.15, -0.1) is 0 Å². The van der Waals surface area contributed by atoms with E-state index in [9.17, 15) is 14.4 Å². The average molecular weight is 934 g/mol. The van der Waals surface area contributed by atoms with Crippen LogP contribution in [0.25, 0.3) is 0 Å². The summed E-state index contributed by atoms with van der Waals surface area (Å²) >= 11 is 0. The number of rotatable bonds is 54. The second-order valence-electron chi connectivity index (χ2n) is 21.6. The topological polar surface area (TPSA) is 78.9 Å². The third kappa shape index (κ3) is 53.4. The lowest BCUT2D eigenvalue weighted by Crippen LogP contribution is -2.30. The minimum absolute atomic E-state index is 0.0625. The molecule has 0 heterocycles. The van der Waals surface area contributed by atoms with E-state index in [4.69, 9.17) is 14.2 Å². The van der Waals surface area contributed by atoms with Gasteiger partial charge >= 0.3 is 17.9 Å². The molecule has 1 atom stereocenters. The molecule has 6 nitrogen and oxygen atoms in total. The van der Waals surface area contributed by atoms with Gasteiger partial charge in [-0.05, 0) is 31.1 Å². The molecule has 66 heavy (non-hydrogen) atoms. The van der Waals surface area contributed by atoms with Crippen molar-refractivity contribution in [2.45, 2.75) is 343 Å². The average Bonchev–Trinajstić information content (AvgIpc) is 3.29. The van der Waals surface area contributed by atoms with Crippen LogP contribution in [0.2, 0.25) is 0 Å². The van der Waals surface area contributed by atoms with Crippen LogP contribution < -0.4 is 0 Å². The Morgan fingerprint density at radius 1 is 0.288 bits per heavy atom. The number of hydrogen-bond donors (Lipinski definition) is 0. The van der Waals surface area contributed by atoms with E-state index in [2.05, 4.69) is 34.6 Å². The predicted octanol–water partition coefficient (Wildman–Crippen LogP) is 19.7. The molecular weight excluding hydrogens is 817 g/mol. The quantitative estimate of drug-likeness (QED) is 0.0343. The normalized spacial score (nSPS) is 12.0. The third-order valence-corrected chi connectivity index (χ3v) is 13.7. The Labute approximate surface area is 412 Å². The van der Waals surface area contributed by atoms with Crippen LogP contribution in [0.15, 0.2) is 0 Å². The van der Waals surface area contributed by atoms with Crippen LogP contribution in [0, 0.1) is 11.8 Å². The van der Waals surface area contributed by atoms with Crippen LogP contribution in [-0.2, 0) is 28.6 Å². The second-order valence-corrected chi connectivity index (χ2v) is 21.6. The second kappa shape index (κ2) is 52.8. The summed E-state index contributed by atoms with van der Waals surface area (Å²) in [6.07, 6.45) is 56.7. The summed E-state index contributed by atoms with van der Waals surface area (Å²) in [7, 11) is 0. The maximum Gasteiger partial charge on any atom is 0.306 e.